The number of amides is 1. The van der Waals surface area contributed by atoms with Gasteiger partial charge in [-0.25, -0.2) is 4.39 Å². The zero-order valence-electron chi connectivity index (χ0n) is 14.3. The summed E-state index contributed by atoms with van der Waals surface area (Å²) in [6.45, 7) is 1.92. The number of halogens is 2. The zero-order valence-corrected chi connectivity index (χ0v) is 15.8. The third-order valence-electron chi connectivity index (χ3n) is 4.85. The van der Waals surface area contributed by atoms with Crippen molar-refractivity contribution in [1.29, 1.82) is 0 Å². The Balaban J connectivity index is 1.38. The van der Waals surface area contributed by atoms with Gasteiger partial charge in [-0.2, -0.15) is 0 Å². The first kappa shape index (κ1) is 17.5. The predicted molar refractivity (Wildman–Crippen MR) is 101 cm³/mol. The van der Waals surface area contributed by atoms with E-state index < -0.39 is 5.82 Å². The predicted octanol–water partition coefficient (Wildman–Crippen LogP) is 4.35. The number of benzene rings is 2. The van der Waals surface area contributed by atoms with Gasteiger partial charge in [0.2, 0.25) is 0 Å². The van der Waals surface area contributed by atoms with Crippen molar-refractivity contribution in [3.63, 3.8) is 0 Å². The van der Waals surface area contributed by atoms with Crippen molar-refractivity contribution in [2.24, 2.45) is 0 Å². The molecule has 0 spiro atoms. The van der Waals surface area contributed by atoms with Crippen molar-refractivity contribution in [2.75, 3.05) is 13.1 Å². The van der Waals surface area contributed by atoms with E-state index in [0.29, 0.717) is 17.4 Å². The summed E-state index contributed by atoms with van der Waals surface area (Å²) in [5, 5.41) is 3.02. The summed E-state index contributed by atoms with van der Waals surface area (Å²) in [6, 6.07) is 12.3. The van der Waals surface area contributed by atoms with Gasteiger partial charge in [-0.05, 0) is 61.7 Å². The molecule has 2 aliphatic rings. The van der Waals surface area contributed by atoms with Gasteiger partial charge in [-0.15, -0.1) is 0 Å². The van der Waals surface area contributed by atoms with Crippen LogP contribution in [0.2, 0.25) is 0 Å². The molecule has 26 heavy (non-hydrogen) atoms. The lowest BCUT2D eigenvalue weighted by molar-refractivity contribution is 0.0937. The van der Waals surface area contributed by atoms with E-state index in [4.69, 9.17) is 4.74 Å². The average Bonchev–Trinajstić information content (AvgIpc) is 3.38. The number of hydrogen-bond acceptors (Lipinski definition) is 3. The molecule has 4 rings (SSSR count). The molecule has 1 N–H and O–H groups in total. The van der Waals surface area contributed by atoms with Crippen LogP contribution in [0.15, 0.2) is 46.9 Å². The largest absolute Gasteiger partial charge is 0.454 e. The first-order valence-electron chi connectivity index (χ1n) is 8.86. The number of rotatable bonds is 5. The molecule has 2 aromatic rings. The van der Waals surface area contributed by atoms with E-state index in [0.717, 1.165) is 24.0 Å². The maximum Gasteiger partial charge on any atom is 0.251 e. The summed E-state index contributed by atoms with van der Waals surface area (Å²) in [5.41, 5.74) is 0.315. The summed E-state index contributed by atoms with van der Waals surface area (Å²) in [6.07, 6.45) is 3.49. The number of ether oxygens (including phenoxy) is 1. The Labute approximate surface area is 160 Å². The number of nitrogens with zero attached hydrogens (tertiary/aromatic N) is 1. The molecule has 1 atom stereocenters. The van der Waals surface area contributed by atoms with Gasteiger partial charge >= 0.3 is 0 Å². The lowest BCUT2D eigenvalue weighted by Crippen LogP contribution is -2.37. The first-order valence-corrected chi connectivity index (χ1v) is 9.66. The maximum absolute atomic E-state index is 14.3. The van der Waals surface area contributed by atoms with E-state index in [2.05, 4.69) is 26.1 Å². The van der Waals surface area contributed by atoms with E-state index in [-0.39, 0.29) is 17.7 Å². The van der Waals surface area contributed by atoms with E-state index >= 15 is 0 Å². The smallest absolute Gasteiger partial charge is 0.251 e. The van der Waals surface area contributed by atoms with Crippen molar-refractivity contribution in [2.45, 2.75) is 31.3 Å². The van der Waals surface area contributed by atoms with Crippen LogP contribution >= 0.6 is 15.9 Å². The number of carbonyl (C=O) groups is 1. The molecule has 1 aliphatic carbocycles. The molecular formula is C20H20BrFN2O2. The van der Waals surface area contributed by atoms with E-state index in [1.807, 2.05) is 12.1 Å². The SMILES string of the molecule is O=C(N[C@@H]1CCN(C2CC2)C1)c1ccc(Oc2ccc(Br)cc2)c(F)c1. The number of hydrogen-bond donors (Lipinski definition) is 1. The lowest BCUT2D eigenvalue weighted by Gasteiger charge is -2.16. The van der Waals surface area contributed by atoms with Crippen molar-refractivity contribution in [3.05, 3.63) is 58.3 Å². The maximum atomic E-state index is 14.3. The van der Waals surface area contributed by atoms with Gasteiger partial charge in [-0.3, -0.25) is 9.69 Å². The zero-order chi connectivity index (χ0) is 18.1. The van der Waals surface area contributed by atoms with Crippen LogP contribution in [0.1, 0.15) is 29.6 Å². The van der Waals surface area contributed by atoms with Gasteiger partial charge in [0.25, 0.3) is 5.91 Å². The highest BCUT2D eigenvalue weighted by molar-refractivity contribution is 9.10. The van der Waals surface area contributed by atoms with Crippen LogP contribution in [0.3, 0.4) is 0 Å². The molecule has 1 saturated carbocycles. The average molecular weight is 419 g/mol. The molecule has 1 heterocycles. The molecule has 2 fully saturated rings. The third-order valence-corrected chi connectivity index (χ3v) is 5.38. The van der Waals surface area contributed by atoms with Gasteiger partial charge in [0, 0.05) is 35.2 Å². The van der Waals surface area contributed by atoms with Crippen LogP contribution in [0.5, 0.6) is 11.5 Å². The van der Waals surface area contributed by atoms with Gasteiger partial charge in [0.05, 0.1) is 0 Å². The monoisotopic (exact) mass is 418 g/mol. The molecule has 1 amide bonds. The Morgan fingerprint density at radius 2 is 1.92 bits per heavy atom. The minimum atomic E-state index is -0.549. The van der Waals surface area contributed by atoms with Crippen molar-refractivity contribution >= 4 is 21.8 Å². The normalized spacial score (nSPS) is 20.2. The van der Waals surface area contributed by atoms with Crippen LogP contribution in [-0.4, -0.2) is 36.0 Å². The second-order valence-electron chi connectivity index (χ2n) is 6.89. The van der Waals surface area contributed by atoms with Crippen LogP contribution in [0.4, 0.5) is 4.39 Å². The Hall–Kier alpha value is -1.92. The first-order chi connectivity index (χ1) is 12.6. The highest BCUT2D eigenvalue weighted by atomic mass is 79.9. The fourth-order valence-electron chi connectivity index (χ4n) is 3.30. The van der Waals surface area contributed by atoms with Crippen LogP contribution < -0.4 is 10.1 Å². The second-order valence-corrected chi connectivity index (χ2v) is 7.80. The van der Waals surface area contributed by atoms with E-state index in [1.165, 1.54) is 25.0 Å². The summed E-state index contributed by atoms with van der Waals surface area (Å²) < 4.78 is 20.8. The summed E-state index contributed by atoms with van der Waals surface area (Å²) >= 11 is 3.34. The second kappa shape index (κ2) is 7.37. The molecule has 0 radical (unpaired) electrons. The molecule has 6 heteroatoms. The quantitative estimate of drug-likeness (QED) is 0.784. The number of likely N-dealkylation sites (tertiary alicyclic amines) is 1. The van der Waals surface area contributed by atoms with Crippen LogP contribution in [-0.2, 0) is 0 Å². The van der Waals surface area contributed by atoms with E-state index in [9.17, 15) is 9.18 Å². The molecule has 2 aromatic carbocycles. The van der Waals surface area contributed by atoms with E-state index in [1.54, 1.807) is 18.2 Å². The minimum Gasteiger partial charge on any atom is -0.454 e. The highest BCUT2D eigenvalue weighted by Crippen LogP contribution is 2.30. The molecule has 1 saturated heterocycles. The fraction of sp³-hybridized carbons (Fsp3) is 0.350. The van der Waals surface area contributed by atoms with Gasteiger partial charge in [0.15, 0.2) is 11.6 Å². The van der Waals surface area contributed by atoms with Crippen molar-refractivity contribution in [3.8, 4) is 11.5 Å². The molecule has 4 nitrogen and oxygen atoms in total. The van der Waals surface area contributed by atoms with Crippen molar-refractivity contribution < 1.29 is 13.9 Å². The minimum absolute atomic E-state index is 0.102. The highest BCUT2D eigenvalue weighted by Gasteiger charge is 2.34. The van der Waals surface area contributed by atoms with Crippen molar-refractivity contribution in [1.82, 2.24) is 10.2 Å². The summed E-state index contributed by atoms with van der Waals surface area (Å²) in [5.74, 6) is -0.145. The molecule has 0 bridgehead atoms. The number of nitrogens with one attached hydrogen (secondary N) is 1. The third kappa shape index (κ3) is 4.07. The summed E-state index contributed by atoms with van der Waals surface area (Å²) in [4.78, 5) is 14.8. The standard InChI is InChI=1S/C20H20BrFN2O2/c21-14-2-6-17(7-3-14)26-19-8-1-13(11-18(19)22)20(25)23-15-9-10-24(12-15)16-4-5-16/h1-3,6-8,11,15-16H,4-5,9-10,12H2,(H,23,25)/t15-/m1/s1. The fourth-order valence-corrected chi connectivity index (χ4v) is 3.56. The lowest BCUT2D eigenvalue weighted by atomic mass is 10.1. The Morgan fingerprint density at radius 3 is 2.62 bits per heavy atom. The van der Waals surface area contributed by atoms with Crippen LogP contribution in [0, 0.1) is 5.82 Å². The van der Waals surface area contributed by atoms with Gasteiger partial charge in [0.1, 0.15) is 5.75 Å². The number of carbonyl (C=O) groups excluding carboxylic acids is 1. The summed E-state index contributed by atoms with van der Waals surface area (Å²) in [7, 11) is 0. The molecule has 0 unspecified atom stereocenters. The van der Waals surface area contributed by atoms with Gasteiger partial charge in [-0.1, -0.05) is 15.9 Å². The molecule has 136 valence electrons. The van der Waals surface area contributed by atoms with Crippen LogP contribution in [0.25, 0.3) is 0 Å². The molecular weight excluding hydrogens is 399 g/mol. The Bertz CT molecular complexity index is 808. The molecule has 1 aliphatic heterocycles. The Morgan fingerprint density at radius 1 is 1.15 bits per heavy atom. The Kier molecular flexibility index (Phi) is 4.96. The molecule has 0 aromatic heterocycles. The topological polar surface area (TPSA) is 41.6 Å². The van der Waals surface area contributed by atoms with Gasteiger partial charge < -0.3 is 10.1 Å².